The molecule has 11 heavy (non-hydrogen) atoms. The van der Waals surface area contributed by atoms with Gasteiger partial charge in [0.15, 0.2) is 0 Å². The van der Waals surface area contributed by atoms with Gasteiger partial charge in [0.2, 0.25) is 0 Å². The lowest BCUT2D eigenvalue weighted by Crippen LogP contribution is -2.35. The van der Waals surface area contributed by atoms with E-state index in [0.717, 1.165) is 0 Å². The minimum Gasteiger partial charge on any atom is -0.464 e. The van der Waals surface area contributed by atoms with Crippen LogP contribution in [0.25, 0.3) is 0 Å². The van der Waals surface area contributed by atoms with E-state index < -0.39 is 5.92 Å². The Kier molecular flexibility index (Phi) is 1.86. The molecule has 0 radical (unpaired) electrons. The summed E-state index contributed by atoms with van der Waals surface area (Å²) in [6, 6.07) is 1.93. The summed E-state index contributed by atoms with van der Waals surface area (Å²) < 4.78 is 4.84. The van der Waals surface area contributed by atoms with Crippen LogP contribution < -0.4 is 0 Å². The van der Waals surface area contributed by atoms with Crippen LogP contribution in [0.4, 0.5) is 0 Å². The molecule has 1 heterocycles. The Morgan fingerprint density at radius 2 is 2.36 bits per heavy atom. The lowest BCUT2D eigenvalue weighted by Gasteiger charge is -2.30. The van der Waals surface area contributed by atoms with Crippen molar-refractivity contribution < 1.29 is 9.53 Å². The zero-order chi connectivity index (χ0) is 8.48. The molecular weight excluding hydrogens is 142 g/mol. The summed E-state index contributed by atoms with van der Waals surface area (Å²) in [5.41, 5.74) is -0.0334. The highest BCUT2D eigenvalue weighted by atomic mass is 16.5. The molecular formula is C8H11NO2. The van der Waals surface area contributed by atoms with Gasteiger partial charge in [-0.15, -0.1) is 0 Å². The monoisotopic (exact) mass is 153 g/mol. The zero-order valence-electron chi connectivity index (χ0n) is 6.76. The largest absolute Gasteiger partial charge is 0.464 e. The average Bonchev–Trinajstić information content (AvgIpc) is 1.94. The summed E-state index contributed by atoms with van der Waals surface area (Å²) in [6.45, 7) is 4.41. The van der Waals surface area contributed by atoms with Crippen molar-refractivity contribution >= 4 is 5.97 Å². The minimum absolute atomic E-state index is 0.0334. The second-order valence-corrected chi connectivity index (χ2v) is 3.66. The molecule has 1 atom stereocenters. The molecule has 1 saturated heterocycles. The van der Waals surface area contributed by atoms with Crippen molar-refractivity contribution in [2.75, 3.05) is 6.61 Å². The van der Waals surface area contributed by atoms with E-state index in [4.69, 9.17) is 10.00 Å². The topological polar surface area (TPSA) is 50.1 Å². The third-order valence-electron chi connectivity index (χ3n) is 1.80. The van der Waals surface area contributed by atoms with Gasteiger partial charge in [-0.1, -0.05) is 13.8 Å². The van der Waals surface area contributed by atoms with E-state index in [1.807, 2.05) is 19.9 Å². The maximum Gasteiger partial charge on any atom is 0.323 e. The second-order valence-electron chi connectivity index (χ2n) is 3.66. The number of rotatable bonds is 0. The smallest absolute Gasteiger partial charge is 0.323 e. The molecule has 1 aliphatic rings. The zero-order valence-corrected chi connectivity index (χ0v) is 6.76. The van der Waals surface area contributed by atoms with Crippen molar-refractivity contribution in [2.45, 2.75) is 20.3 Å². The Morgan fingerprint density at radius 1 is 1.73 bits per heavy atom. The highest BCUT2D eigenvalue weighted by Gasteiger charge is 2.35. The number of hydrogen-bond acceptors (Lipinski definition) is 3. The number of nitrogens with zero attached hydrogens (tertiary/aromatic N) is 1. The molecule has 3 heteroatoms. The van der Waals surface area contributed by atoms with Gasteiger partial charge in [0, 0.05) is 5.41 Å². The number of hydrogen-bond donors (Lipinski definition) is 0. The molecule has 0 aromatic rings. The Balaban J connectivity index is 2.68. The van der Waals surface area contributed by atoms with Crippen LogP contribution in [0.15, 0.2) is 0 Å². The van der Waals surface area contributed by atoms with E-state index in [9.17, 15) is 4.79 Å². The van der Waals surface area contributed by atoms with Crippen LogP contribution >= 0.6 is 0 Å². The summed E-state index contributed by atoms with van der Waals surface area (Å²) in [5, 5.41) is 8.54. The van der Waals surface area contributed by atoms with Crippen molar-refractivity contribution in [3.8, 4) is 6.07 Å². The molecule has 0 aromatic carbocycles. The number of esters is 1. The summed E-state index contributed by atoms with van der Waals surface area (Å²) in [5.74, 6) is -0.925. The highest BCUT2D eigenvalue weighted by Crippen LogP contribution is 2.30. The van der Waals surface area contributed by atoms with Crippen LogP contribution in [0.1, 0.15) is 20.3 Å². The minimum atomic E-state index is -0.557. The molecule has 1 unspecified atom stereocenters. The van der Waals surface area contributed by atoms with E-state index >= 15 is 0 Å². The Hall–Kier alpha value is -1.04. The second kappa shape index (κ2) is 2.54. The standard InChI is InChI=1S/C8H11NO2/c1-8(2)3-6(4-9)7(10)11-5-8/h6H,3,5H2,1-2H3. The molecule has 1 aliphatic heterocycles. The van der Waals surface area contributed by atoms with E-state index in [2.05, 4.69) is 0 Å². The van der Waals surface area contributed by atoms with E-state index in [1.165, 1.54) is 0 Å². The molecule has 0 amide bonds. The van der Waals surface area contributed by atoms with Crippen LogP contribution in [-0.2, 0) is 9.53 Å². The van der Waals surface area contributed by atoms with E-state index in [-0.39, 0.29) is 11.4 Å². The van der Waals surface area contributed by atoms with Crippen LogP contribution in [-0.4, -0.2) is 12.6 Å². The third kappa shape index (κ3) is 1.70. The van der Waals surface area contributed by atoms with Gasteiger partial charge in [0.1, 0.15) is 5.92 Å². The molecule has 0 spiro atoms. The first-order valence-corrected chi connectivity index (χ1v) is 3.61. The van der Waals surface area contributed by atoms with Gasteiger partial charge in [-0.2, -0.15) is 5.26 Å². The van der Waals surface area contributed by atoms with Gasteiger partial charge in [0.05, 0.1) is 12.7 Å². The van der Waals surface area contributed by atoms with Crippen molar-refractivity contribution in [1.29, 1.82) is 5.26 Å². The van der Waals surface area contributed by atoms with E-state index in [1.54, 1.807) is 0 Å². The fraction of sp³-hybridized carbons (Fsp3) is 0.750. The van der Waals surface area contributed by atoms with Crippen molar-refractivity contribution in [3.05, 3.63) is 0 Å². The fourth-order valence-corrected chi connectivity index (χ4v) is 1.16. The number of nitriles is 1. The van der Waals surface area contributed by atoms with Gasteiger partial charge < -0.3 is 4.74 Å². The van der Waals surface area contributed by atoms with Crippen LogP contribution in [0.3, 0.4) is 0 Å². The average molecular weight is 153 g/mol. The molecule has 0 aromatic heterocycles. The number of carbonyl (C=O) groups is 1. The molecule has 3 nitrogen and oxygen atoms in total. The first-order valence-electron chi connectivity index (χ1n) is 3.61. The summed E-state index contributed by atoms with van der Waals surface area (Å²) in [6.07, 6.45) is 0.613. The summed E-state index contributed by atoms with van der Waals surface area (Å²) in [7, 11) is 0. The molecule has 0 aliphatic carbocycles. The molecule has 0 bridgehead atoms. The van der Waals surface area contributed by atoms with Gasteiger partial charge >= 0.3 is 5.97 Å². The van der Waals surface area contributed by atoms with Crippen LogP contribution in [0.5, 0.6) is 0 Å². The predicted octanol–water partition coefficient (Wildman–Crippen LogP) is 1.10. The first-order chi connectivity index (χ1) is 5.05. The quantitative estimate of drug-likeness (QED) is 0.489. The van der Waals surface area contributed by atoms with Crippen LogP contribution in [0, 0.1) is 22.7 Å². The summed E-state index contributed by atoms with van der Waals surface area (Å²) >= 11 is 0. The lowest BCUT2D eigenvalue weighted by atomic mass is 9.82. The van der Waals surface area contributed by atoms with Gasteiger partial charge in [-0.25, -0.2) is 0 Å². The van der Waals surface area contributed by atoms with Crippen LogP contribution in [0.2, 0.25) is 0 Å². The van der Waals surface area contributed by atoms with Crippen molar-refractivity contribution in [3.63, 3.8) is 0 Å². The summed E-state index contributed by atoms with van der Waals surface area (Å²) in [4.78, 5) is 10.9. The maximum atomic E-state index is 10.9. The van der Waals surface area contributed by atoms with E-state index in [0.29, 0.717) is 13.0 Å². The molecule has 1 fully saturated rings. The molecule has 60 valence electrons. The highest BCUT2D eigenvalue weighted by molar-refractivity contribution is 5.76. The molecule has 0 saturated carbocycles. The molecule has 1 rings (SSSR count). The number of ether oxygens (including phenoxy) is 1. The third-order valence-corrected chi connectivity index (χ3v) is 1.80. The number of carbonyl (C=O) groups excluding carboxylic acids is 1. The normalized spacial score (nSPS) is 28.8. The first kappa shape index (κ1) is 8.06. The van der Waals surface area contributed by atoms with Gasteiger partial charge in [0.25, 0.3) is 0 Å². The fourth-order valence-electron chi connectivity index (χ4n) is 1.16. The van der Waals surface area contributed by atoms with Crippen molar-refractivity contribution in [1.82, 2.24) is 0 Å². The lowest BCUT2D eigenvalue weighted by molar-refractivity contribution is -0.157. The molecule has 0 N–H and O–H groups in total. The van der Waals surface area contributed by atoms with Gasteiger partial charge in [-0.3, -0.25) is 4.79 Å². The van der Waals surface area contributed by atoms with Gasteiger partial charge in [-0.05, 0) is 6.42 Å². The predicted molar refractivity (Wildman–Crippen MR) is 38.5 cm³/mol. The number of cyclic esters (lactones) is 1. The Labute approximate surface area is 66.0 Å². The Bertz CT molecular complexity index is 215. The Morgan fingerprint density at radius 3 is 2.82 bits per heavy atom. The maximum absolute atomic E-state index is 10.9. The van der Waals surface area contributed by atoms with Crippen molar-refractivity contribution in [2.24, 2.45) is 11.3 Å². The SMILES string of the molecule is CC1(C)COC(=O)C(C#N)C1.